The summed E-state index contributed by atoms with van der Waals surface area (Å²) in [7, 11) is 0. The molecule has 1 aliphatic rings. The summed E-state index contributed by atoms with van der Waals surface area (Å²) >= 11 is 0. The predicted octanol–water partition coefficient (Wildman–Crippen LogP) is 1.91. The number of carbonyl (C=O) groups excluding carboxylic acids is 3. The van der Waals surface area contributed by atoms with Crippen LogP contribution in [0.2, 0.25) is 0 Å². The molecule has 1 aromatic heterocycles. The normalized spacial score (nSPS) is 14.4. The van der Waals surface area contributed by atoms with Gasteiger partial charge in [-0.2, -0.15) is 0 Å². The first kappa shape index (κ1) is 21.9. The monoisotopic (exact) mass is 431 g/mol. The number of rotatable bonds is 7. The minimum atomic E-state index is -1.03. The average molecular weight is 431 g/mol. The Hall–Kier alpha value is -3.80. The second kappa shape index (κ2) is 8.52. The molecule has 1 aliphatic heterocycles. The molecule has 12 nitrogen and oxygen atoms in total. The summed E-state index contributed by atoms with van der Waals surface area (Å²) in [5, 5.41) is 14.2. The average Bonchev–Trinajstić information content (AvgIpc) is 3.24. The van der Waals surface area contributed by atoms with Crippen LogP contribution in [0.1, 0.15) is 41.5 Å². The van der Waals surface area contributed by atoms with Gasteiger partial charge >= 0.3 is 12.0 Å². The summed E-state index contributed by atoms with van der Waals surface area (Å²) in [6, 6.07) is 6.22. The first-order chi connectivity index (χ1) is 14.6. The van der Waals surface area contributed by atoms with Crippen LogP contribution in [0.4, 0.5) is 10.7 Å². The van der Waals surface area contributed by atoms with Gasteiger partial charge in [0.1, 0.15) is 30.6 Å². The van der Waals surface area contributed by atoms with Crippen molar-refractivity contribution >= 4 is 23.9 Å². The van der Waals surface area contributed by atoms with Crippen LogP contribution >= 0.6 is 0 Å². The van der Waals surface area contributed by atoms with Gasteiger partial charge in [-0.05, 0) is 37.8 Å². The Kier molecular flexibility index (Phi) is 6.02. The van der Waals surface area contributed by atoms with Gasteiger partial charge in [-0.25, -0.2) is 9.36 Å². The number of benzene rings is 1. The molecule has 0 bridgehead atoms. The van der Waals surface area contributed by atoms with Gasteiger partial charge in [0.25, 0.3) is 11.8 Å². The fourth-order valence-electron chi connectivity index (χ4n) is 2.89. The van der Waals surface area contributed by atoms with E-state index in [1.54, 1.807) is 32.9 Å². The minimum Gasteiger partial charge on any atom is -0.444 e. The first-order valence-corrected chi connectivity index (χ1v) is 9.34. The van der Waals surface area contributed by atoms with Crippen LogP contribution in [-0.2, 0) is 16.1 Å². The molecule has 2 heterocycles. The number of hydrogen-bond acceptors (Lipinski definition) is 8. The van der Waals surface area contributed by atoms with Crippen LogP contribution in [0.25, 0.3) is 0 Å². The third-order valence-electron chi connectivity index (χ3n) is 4.14. The van der Waals surface area contributed by atoms with Crippen molar-refractivity contribution in [2.75, 3.05) is 6.54 Å². The predicted molar refractivity (Wildman–Crippen MR) is 105 cm³/mol. The lowest BCUT2D eigenvalue weighted by molar-refractivity contribution is -0.397. The Morgan fingerprint density at radius 1 is 1.23 bits per heavy atom. The number of alkyl carbamates (subject to hydrolysis) is 1. The van der Waals surface area contributed by atoms with Crippen molar-refractivity contribution in [1.29, 1.82) is 0 Å². The highest BCUT2D eigenvalue weighted by atomic mass is 16.7. The zero-order valence-electron chi connectivity index (χ0n) is 17.1. The van der Waals surface area contributed by atoms with Crippen LogP contribution in [-0.4, -0.2) is 55.7 Å². The Labute approximate surface area is 176 Å². The van der Waals surface area contributed by atoms with Crippen molar-refractivity contribution in [3.05, 3.63) is 57.9 Å². The molecular weight excluding hydrogens is 410 g/mol. The molecule has 0 spiro atoms. The quantitative estimate of drug-likeness (QED) is 0.397. The summed E-state index contributed by atoms with van der Waals surface area (Å²) in [5.41, 5.74) is -0.383. The molecule has 0 saturated carbocycles. The summed E-state index contributed by atoms with van der Waals surface area (Å²) in [4.78, 5) is 56.9. The number of aromatic nitrogens is 2. The standard InChI is InChI=1S/C19H21N5O7/c1-19(2,3)30-18(27)21-10-12(11-22-9-8-20-17(22)24(28)29)31-23-15(25)13-6-4-5-7-14(13)16(23)26/h4-9,12H,10-11H2,1-3H3,(H,21,27)/t12-/m1/s1. The van der Waals surface area contributed by atoms with Gasteiger partial charge in [-0.1, -0.05) is 17.1 Å². The van der Waals surface area contributed by atoms with E-state index in [0.29, 0.717) is 5.06 Å². The molecule has 0 saturated heterocycles. The topological polar surface area (TPSA) is 146 Å². The van der Waals surface area contributed by atoms with Crippen molar-refractivity contribution in [2.45, 2.75) is 39.0 Å². The number of nitrogens with zero attached hydrogens (tertiary/aromatic N) is 4. The third-order valence-corrected chi connectivity index (χ3v) is 4.14. The third kappa shape index (κ3) is 5.04. The number of hydrogen-bond donors (Lipinski definition) is 1. The number of carbonyl (C=O) groups is 3. The van der Waals surface area contributed by atoms with E-state index in [0.717, 1.165) is 0 Å². The molecule has 0 fully saturated rings. The van der Waals surface area contributed by atoms with Gasteiger partial charge in [-0.3, -0.25) is 14.4 Å². The Morgan fingerprint density at radius 3 is 2.39 bits per heavy atom. The highest BCUT2D eigenvalue weighted by Crippen LogP contribution is 2.24. The second-order valence-corrected chi connectivity index (χ2v) is 7.70. The first-order valence-electron chi connectivity index (χ1n) is 9.34. The van der Waals surface area contributed by atoms with E-state index in [4.69, 9.17) is 9.57 Å². The lowest BCUT2D eigenvalue weighted by Crippen LogP contribution is -2.43. The molecule has 164 valence electrons. The maximum absolute atomic E-state index is 12.6. The largest absolute Gasteiger partial charge is 0.444 e. The zero-order valence-corrected chi connectivity index (χ0v) is 17.1. The van der Waals surface area contributed by atoms with Crippen molar-refractivity contribution in [2.24, 2.45) is 0 Å². The summed E-state index contributed by atoms with van der Waals surface area (Å²) < 4.78 is 6.35. The summed E-state index contributed by atoms with van der Waals surface area (Å²) in [6.07, 6.45) is 0.814. The molecule has 1 atom stereocenters. The number of imide groups is 1. The Balaban J connectivity index is 1.78. The van der Waals surface area contributed by atoms with E-state index < -0.39 is 40.5 Å². The number of imidazole rings is 1. The van der Waals surface area contributed by atoms with Crippen molar-refractivity contribution in [1.82, 2.24) is 19.9 Å². The van der Waals surface area contributed by atoms with Crippen LogP contribution in [0, 0.1) is 10.1 Å². The number of hydroxylamine groups is 2. The molecule has 2 aromatic rings. The SMILES string of the molecule is CC(C)(C)OC(=O)NC[C@H](Cn1ccnc1[N+](=O)[O-])ON1C(=O)c2ccccc2C1=O. The molecule has 0 radical (unpaired) electrons. The van der Waals surface area contributed by atoms with Crippen LogP contribution in [0.15, 0.2) is 36.7 Å². The van der Waals surface area contributed by atoms with E-state index in [2.05, 4.69) is 10.3 Å². The fourth-order valence-corrected chi connectivity index (χ4v) is 2.89. The maximum atomic E-state index is 12.6. The molecule has 1 N–H and O–H groups in total. The van der Waals surface area contributed by atoms with Crippen LogP contribution in [0.5, 0.6) is 0 Å². The smallest absolute Gasteiger partial charge is 0.434 e. The van der Waals surface area contributed by atoms with E-state index in [9.17, 15) is 24.5 Å². The van der Waals surface area contributed by atoms with Crippen molar-refractivity contribution < 1.29 is 28.9 Å². The Bertz CT molecular complexity index is 992. The van der Waals surface area contributed by atoms with Gasteiger partial charge in [0, 0.05) is 0 Å². The van der Waals surface area contributed by atoms with Crippen molar-refractivity contribution in [3.8, 4) is 0 Å². The maximum Gasteiger partial charge on any atom is 0.434 e. The van der Waals surface area contributed by atoms with Gasteiger partial charge in [0.15, 0.2) is 0 Å². The minimum absolute atomic E-state index is 0.167. The molecule has 31 heavy (non-hydrogen) atoms. The van der Waals surface area contributed by atoms with Gasteiger partial charge in [-0.15, -0.1) is 5.06 Å². The number of nitro groups is 1. The van der Waals surface area contributed by atoms with Crippen LogP contribution in [0.3, 0.4) is 0 Å². The molecular formula is C19H21N5O7. The van der Waals surface area contributed by atoms with E-state index in [1.807, 2.05) is 0 Å². The molecule has 0 aliphatic carbocycles. The molecule has 3 rings (SSSR count). The fraction of sp³-hybridized carbons (Fsp3) is 0.368. The highest BCUT2D eigenvalue weighted by Gasteiger charge is 2.38. The lowest BCUT2D eigenvalue weighted by atomic mass is 10.1. The summed E-state index contributed by atoms with van der Waals surface area (Å²) in [6.45, 7) is 4.70. The molecule has 3 amide bonds. The van der Waals surface area contributed by atoms with Gasteiger partial charge in [0.05, 0.1) is 17.7 Å². The summed E-state index contributed by atoms with van der Waals surface area (Å²) in [5.74, 6) is -1.78. The number of ether oxygens (including phenoxy) is 1. The van der Waals surface area contributed by atoms with E-state index >= 15 is 0 Å². The zero-order chi connectivity index (χ0) is 22.8. The van der Waals surface area contributed by atoms with E-state index in [1.165, 1.54) is 29.1 Å². The van der Waals surface area contributed by atoms with Gasteiger partial charge < -0.3 is 20.2 Å². The van der Waals surface area contributed by atoms with Crippen molar-refractivity contribution in [3.63, 3.8) is 0 Å². The number of fused-ring (bicyclic) bond motifs is 1. The second-order valence-electron chi connectivity index (χ2n) is 7.70. The lowest BCUT2D eigenvalue weighted by Gasteiger charge is -2.24. The number of nitrogens with one attached hydrogen (secondary N) is 1. The molecule has 12 heteroatoms. The molecule has 0 unspecified atom stereocenters. The van der Waals surface area contributed by atoms with Crippen LogP contribution < -0.4 is 5.32 Å². The van der Waals surface area contributed by atoms with E-state index in [-0.39, 0.29) is 24.2 Å². The molecule has 1 aromatic carbocycles. The Morgan fingerprint density at radius 2 is 1.84 bits per heavy atom. The number of amides is 3. The highest BCUT2D eigenvalue weighted by molar-refractivity contribution is 6.20. The van der Waals surface area contributed by atoms with Gasteiger partial charge in [0.2, 0.25) is 0 Å².